The average molecular weight is 511 g/mol. The maximum Gasteiger partial charge on any atom is 0.534 e. The maximum atomic E-state index is 12.7. The molecule has 2 aromatic rings. The van der Waals surface area contributed by atoms with Gasteiger partial charge in [-0.15, -0.1) is 0 Å². The first kappa shape index (κ1) is 28.7. The molecule has 0 aliphatic carbocycles. The molecule has 192 valence electrons. The van der Waals surface area contributed by atoms with E-state index >= 15 is 0 Å². The van der Waals surface area contributed by atoms with E-state index in [0.29, 0.717) is 24.8 Å². The topological polar surface area (TPSA) is 63.6 Å². The van der Waals surface area contributed by atoms with E-state index in [-0.39, 0.29) is 5.75 Å². The molecule has 1 atom stereocenters. The van der Waals surface area contributed by atoms with Crippen LogP contribution in [0.3, 0.4) is 0 Å². The van der Waals surface area contributed by atoms with Gasteiger partial charge in [0.1, 0.15) is 11.9 Å². The fourth-order valence-electron chi connectivity index (χ4n) is 4.17. The molecule has 0 aliphatic heterocycles. The van der Waals surface area contributed by atoms with Gasteiger partial charge in [0.15, 0.2) is 0 Å². The van der Waals surface area contributed by atoms with Gasteiger partial charge in [-0.2, -0.15) is 21.6 Å². The van der Waals surface area contributed by atoms with Crippen LogP contribution in [0.1, 0.15) is 80.7 Å². The zero-order valence-corrected chi connectivity index (χ0v) is 21.6. The number of rotatable bonds is 9. The number of benzene rings is 2. The van der Waals surface area contributed by atoms with Gasteiger partial charge in [0, 0.05) is 11.0 Å². The second kappa shape index (κ2) is 11.5. The first-order chi connectivity index (χ1) is 16.3. The number of hydrogen-bond donors (Lipinski definition) is 1. The van der Waals surface area contributed by atoms with E-state index in [1.807, 2.05) is 39.0 Å². The molecule has 35 heavy (non-hydrogen) atoms. The fourth-order valence-corrected chi connectivity index (χ4v) is 4.69. The van der Waals surface area contributed by atoms with Gasteiger partial charge in [-0.05, 0) is 67.5 Å². The minimum absolute atomic E-state index is 0.293. The van der Waals surface area contributed by atoms with Gasteiger partial charge in [-0.25, -0.2) is 0 Å². The summed E-state index contributed by atoms with van der Waals surface area (Å²) in [5.41, 5.74) is -1.99. The molecule has 1 N–H and O–H groups in total. The van der Waals surface area contributed by atoms with Crippen molar-refractivity contribution in [1.82, 2.24) is 0 Å². The van der Waals surface area contributed by atoms with Crippen molar-refractivity contribution >= 4 is 10.1 Å². The highest BCUT2D eigenvalue weighted by molar-refractivity contribution is 7.88. The SMILES string of the molecule is CCCCC(O)C#Cc1ccc(C(CC)(CC)c2ccc(OS(=O)(=O)C(F)(F)F)c(C)c2)cc1C. The predicted molar refractivity (Wildman–Crippen MR) is 132 cm³/mol. The first-order valence-electron chi connectivity index (χ1n) is 11.7. The van der Waals surface area contributed by atoms with Crippen LogP contribution in [0.25, 0.3) is 0 Å². The smallest absolute Gasteiger partial charge is 0.380 e. The molecule has 1 unspecified atom stereocenters. The number of unbranched alkanes of at least 4 members (excludes halogenated alkanes) is 1. The summed E-state index contributed by atoms with van der Waals surface area (Å²) in [6.45, 7) is 9.60. The minimum Gasteiger partial charge on any atom is -0.380 e. The van der Waals surface area contributed by atoms with Crippen LogP contribution in [0.15, 0.2) is 36.4 Å². The van der Waals surface area contributed by atoms with E-state index in [1.54, 1.807) is 12.1 Å². The van der Waals surface area contributed by atoms with Crippen LogP contribution in [0, 0.1) is 25.7 Å². The van der Waals surface area contributed by atoms with Gasteiger partial charge in [-0.3, -0.25) is 0 Å². The zero-order valence-electron chi connectivity index (χ0n) is 20.8. The number of hydrogen-bond acceptors (Lipinski definition) is 4. The lowest BCUT2D eigenvalue weighted by Gasteiger charge is -2.34. The molecule has 0 fully saturated rings. The highest BCUT2D eigenvalue weighted by Crippen LogP contribution is 2.41. The molecular formula is C27H33F3O4S. The summed E-state index contributed by atoms with van der Waals surface area (Å²) < 4.78 is 65.4. The van der Waals surface area contributed by atoms with Crippen molar-refractivity contribution < 1.29 is 30.9 Å². The predicted octanol–water partition coefficient (Wildman–Crippen LogP) is 6.54. The van der Waals surface area contributed by atoms with Crippen LogP contribution in [-0.4, -0.2) is 25.1 Å². The van der Waals surface area contributed by atoms with E-state index < -0.39 is 27.1 Å². The van der Waals surface area contributed by atoms with Crippen molar-refractivity contribution in [3.63, 3.8) is 0 Å². The van der Waals surface area contributed by atoms with E-state index in [2.05, 4.69) is 22.9 Å². The normalized spacial score (nSPS) is 13.2. The molecular weight excluding hydrogens is 477 g/mol. The van der Waals surface area contributed by atoms with Crippen molar-refractivity contribution in [3.8, 4) is 17.6 Å². The third kappa shape index (κ3) is 6.59. The van der Waals surface area contributed by atoms with Crippen LogP contribution in [0.2, 0.25) is 0 Å². The standard InChI is InChI=1S/C27H33F3O4S/c1-6-9-10-24(31)15-12-21-11-13-22(17-19(21)4)26(7-2,8-3)23-14-16-25(20(5)18-23)34-35(32,33)27(28,29)30/h11,13-14,16-18,24,31H,6-10H2,1-5H3. The van der Waals surface area contributed by atoms with Gasteiger partial charge < -0.3 is 9.29 Å². The molecule has 0 aliphatic rings. The monoisotopic (exact) mass is 510 g/mol. The van der Waals surface area contributed by atoms with E-state index in [9.17, 15) is 26.7 Å². The molecule has 0 amide bonds. The Hall–Kier alpha value is -2.50. The van der Waals surface area contributed by atoms with Gasteiger partial charge >= 0.3 is 15.6 Å². The van der Waals surface area contributed by atoms with Crippen molar-refractivity contribution in [2.45, 2.75) is 83.8 Å². The number of alkyl halides is 3. The molecule has 0 saturated heterocycles. The Balaban J connectivity index is 2.43. The summed E-state index contributed by atoms with van der Waals surface area (Å²) >= 11 is 0. The summed E-state index contributed by atoms with van der Waals surface area (Å²) in [6, 6.07) is 10.5. The van der Waals surface area contributed by atoms with E-state index in [1.165, 1.54) is 13.0 Å². The summed E-state index contributed by atoms with van der Waals surface area (Å²) in [5.74, 6) is 5.61. The fraction of sp³-hybridized carbons (Fsp3) is 0.481. The molecule has 0 bridgehead atoms. The second-order valence-corrected chi connectivity index (χ2v) is 10.2. The van der Waals surface area contributed by atoms with Gasteiger partial charge in [0.2, 0.25) is 0 Å². The second-order valence-electron chi connectivity index (χ2n) is 8.71. The Kier molecular flexibility index (Phi) is 9.43. The van der Waals surface area contributed by atoms with E-state index in [0.717, 1.165) is 35.1 Å². The third-order valence-corrected chi connectivity index (χ3v) is 7.37. The summed E-state index contributed by atoms with van der Waals surface area (Å²) in [7, 11) is -5.74. The Bertz CT molecular complexity index is 1190. The molecule has 0 spiro atoms. The molecule has 0 saturated carbocycles. The third-order valence-electron chi connectivity index (χ3n) is 6.40. The molecule has 0 heterocycles. The van der Waals surface area contributed by atoms with E-state index in [4.69, 9.17) is 0 Å². The Morgan fingerprint density at radius 1 is 0.971 bits per heavy atom. The Morgan fingerprint density at radius 3 is 2.03 bits per heavy atom. The minimum atomic E-state index is -5.74. The van der Waals surface area contributed by atoms with Crippen LogP contribution in [0.4, 0.5) is 13.2 Å². The molecule has 0 radical (unpaired) electrons. The van der Waals surface area contributed by atoms with Crippen molar-refractivity contribution in [3.05, 3.63) is 64.2 Å². The highest BCUT2D eigenvalue weighted by atomic mass is 32.2. The lowest BCUT2D eigenvalue weighted by molar-refractivity contribution is -0.0500. The van der Waals surface area contributed by atoms with Crippen LogP contribution >= 0.6 is 0 Å². The van der Waals surface area contributed by atoms with Gasteiger partial charge in [0.25, 0.3) is 0 Å². The lowest BCUT2D eigenvalue weighted by Crippen LogP contribution is -2.29. The van der Waals surface area contributed by atoms with Crippen LogP contribution in [0.5, 0.6) is 5.75 Å². The molecule has 8 heteroatoms. The first-order valence-corrected chi connectivity index (χ1v) is 13.1. The maximum absolute atomic E-state index is 12.7. The highest BCUT2D eigenvalue weighted by Gasteiger charge is 2.48. The van der Waals surface area contributed by atoms with Crippen molar-refractivity contribution in [2.24, 2.45) is 0 Å². The Labute approximate surface area is 206 Å². The van der Waals surface area contributed by atoms with Gasteiger partial charge in [-0.1, -0.05) is 69.7 Å². The average Bonchev–Trinajstić information content (AvgIpc) is 2.79. The van der Waals surface area contributed by atoms with Crippen LogP contribution in [-0.2, 0) is 15.5 Å². The number of aliphatic hydroxyl groups excluding tert-OH is 1. The number of aliphatic hydroxyl groups is 1. The molecule has 2 rings (SSSR count). The van der Waals surface area contributed by atoms with Crippen molar-refractivity contribution in [2.75, 3.05) is 0 Å². The van der Waals surface area contributed by atoms with Crippen molar-refractivity contribution in [1.29, 1.82) is 0 Å². The molecule has 4 nitrogen and oxygen atoms in total. The Morgan fingerprint density at radius 2 is 1.54 bits per heavy atom. The van der Waals surface area contributed by atoms with Gasteiger partial charge in [0.05, 0.1) is 0 Å². The van der Waals surface area contributed by atoms with Crippen LogP contribution < -0.4 is 4.18 Å². The quantitative estimate of drug-likeness (QED) is 0.236. The summed E-state index contributed by atoms with van der Waals surface area (Å²) in [5, 5.41) is 10.0. The largest absolute Gasteiger partial charge is 0.534 e. The molecule has 2 aromatic carbocycles. The molecule has 0 aromatic heterocycles. The lowest BCUT2D eigenvalue weighted by atomic mass is 9.70. The number of halogens is 3. The zero-order chi connectivity index (χ0) is 26.4. The summed E-state index contributed by atoms with van der Waals surface area (Å²) in [6.07, 6.45) is 3.30. The summed E-state index contributed by atoms with van der Waals surface area (Å²) in [4.78, 5) is 0. The number of aryl methyl sites for hydroxylation is 2.